The molecular formula is C20H27N5. The lowest BCUT2D eigenvalue weighted by Crippen LogP contribution is -2.46. The Morgan fingerprint density at radius 3 is 2.28 bits per heavy atom. The summed E-state index contributed by atoms with van der Waals surface area (Å²) in [4.78, 5) is 16.8. The van der Waals surface area contributed by atoms with E-state index in [1.165, 1.54) is 18.4 Å². The third-order valence-corrected chi connectivity index (χ3v) is 5.16. The summed E-state index contributed by atoms with van der Waals surface area (Å²) >= 11 is 0. The van der Waals surface area contributed by atoms with E-state index in [1.54, 1.807) is 0 Å². The molecule has 3 heterocycles. The van der Waals surface area contributed by atoms with E-state index >= 15 is 0 Å². The summed E-state index contributed by atoms with van der Waals surface area (Å²) in [5.74, 6) is 2.01. The molecule has 0 spiro atoms. The highest BCUT2D eigenvalue weighted by molar-refractivity contribution is 5.46. The van der Waals surface area contributed by atoms with Crippen LogP contribution in [0.15, 0.2) is 36.4 Å². The molecule has 2 saturated heterocycles. The van der Waals surface area contributed by atoms with Gasteiger partial charge in [-0.05, 0) is 25.3 Å². The van der Waals surface area contributed by atoms with Crippen LogP contribution < -0.4 is 9.80 Å². The average Bonchev–Trinajstić information content (AvgIpc) is 3.17. The van der Waals surface area contributed by atoms with Crippen LogP contribution in [-0.2, 0) is 6.54 Å². The van der Waals surface area contributed by atoms with Crippen molar-refractivity contribution >= 4 is 11.8 Å². The normalized spacial score (nSPS) is 18.8. The number of benzene rings is 1. The van der Waals surface area contributed by atoms with Crippen LogP contribution >= 0.6 is 0 Å². The molecule has 2 aliphatic rings. The molecule has 2 aromatic rings. The molecule has 4 rings (SSSR count). The Morgan fingerprint density at radius 2 is 1.56 bits per heavy atom. The summed E-state index contributed by atoms with van der Waals surface area (Å²) in [5.41, 5.74) is 2.46. The number of aromatic nitrogens is 2. The maximum atomic E-state index is 4.87. The maximum Gasteiger partial charge on any atom is 0.227 e. The van der Waals surface area contributed by atoms with Gasteiger partial charge in [-0.2, -0.15) is 4.98 Å². The van der Waals surface area contributed by atoms with Crippen LogP contribution in [0.5, 0.6) is 0 Å². The van der Waals surface area contributed by atoms with Gasteiger partial charge in [0.15, 0.2) is 0 Å². The van der Waals surface area contributed by atoms with Crippen molar-refractivity contribution in [1.82, 2.24) is 14.9 Å². The average molecular weight is 337 g/mol. The number of rotatable bonds is 4. The fourth-order valence-corrected chi connectivity index (χ4v) is 3.73. The molecule has 0 aliphatic carbocycles. The van der Waals surface area contributed by atoms with Crippen LogP contribution in [0.4, 0.5) is 11.8 Å². The topological polar surface area (TPSA) is 35.5 Å². The zero-order valence-electron chi connectivity index (χ0n) is 15.1. The van der Waals surface area contributed by atoms with Gasteiger partial charge in [0.1, 0.15) is 5.82 Å². The van der Waals surface area contributed by atoms with Crippen molar-refractivity contribution in [3.63, 3.8) is 0 Å². The highest BCUT2D eigenvalue weighted by Gasteiger charge is 2.21. The largest absolute Gasteiger partial charge is 0.356 e. The third-order valence-electron chi connectivity index (χ3n) is 5.16. The minimum absolute atomic E-state index is 0.904. The predicted octanol–water partition coefficient (Wildman–Crippen LogP) is 2.71. The molecule has 5 heteroatoms. The van der Waals surface area contributed by atoms with E-state index in [-0.39, 0.29) is 0 Å². The number of nitrogens with zero attached hydrogens (tertiary/aromatic N) is 5. The van der Waals surface area contributed by atoms with Crippen LogP contribution in [0.25, 0.3) is 0 Å². The molecule has 0 N–H and O–H groups in total. The second-order valence-corrected chi connectivity index (χ2v) is 7.11. The standard InChI is InChI=1S/C20H27N5/c1-17-15-19(24-9-5-6-10-24)22-20(21-17)25-13-11-23(12-14-25)16-18-7-3-2-4-8-18/h2-4,7-8,15H,5-6,9-14,16H2,1H3. The smallest absolute Gasteiger partial charge is 0.227 e. The summed E-state index contributed by atoms with van der Waals surface area (Å²) in [6, 6.07) is 12.9. The van der Waals surface area contributed by atoms with E-state index in [9.17, 15) is 0 Å². The van der Waals surface area contributed by atoms with E-state index in [1.807, 2.05) is 0 Å². The molecule has 2 fully saturated rings. The Labute approximate surface area is 150 Å². The molecule has 1 aromatic heterocycles. The summed E-state index contributed by atoms with van der Waals surface area (Å²) in [5, 5.41) is 0. The van der Waals surface area contributed by atoms with Gasteiger partial charge in [-0.3, -0.25) is 4.90 Å². The first-order valence-electron chi connectivity index (χ1n) is 9.40. The summed E-state index contributed by atoms with van der Waals surface area (Å²) in [6.07, 6.45) is 2.55. The van der Waals surface area contributed by atoms with Gasteiger partial charge in [-0.1, -0.05) is 30.3 Å². The number of piperazine rings is 1. The van der Waals surface area contributed by atoms with Crippen LogP contribution in [0.2, 0.25) is 0 Å². The first-order valence-corrected chi connectivity index (χ1v) is 9.40. The molecule has 25 heavy (non-hydrogen) atoms. The lowest BCUT2D eigenvalue weighted by Gasteiger charge is -2.35. The zero-order valence-corrected chi connectivity index (χ0v) is 15.1. The maximum absolute atomic E-state index is 4.87. The molecule has 1 aromatic carbocycles. The monoisotopic (exact) mass is 337 g/mol. The number of hydrogen-bond donors (Lipinski definition) is 0. The van der Waals surface area contributed by atoms with E-state index in [4.69, 9.17) is 9.97 Å². The van der Waals surface area contributed by atoms with Crippen molar-refractivity contribution in [2.24, 2.45) is 0 Å². The van der Waals surface area contributed by atoms with Crippen molar-refractivity contribution in [3.8, 4) is 0 Å². The van der Waals surface area contributed by atoms with Crippen LogP contribution in [0.3, 0.4) is 0 Å². The Kier molecular flexibility index (Phi) is 4.83. The fraction of sp³-hybridized carbons (Fsp3) is 0.500. The number of hydrogen-bond acceptors (Lipinski definition) is 5. The molecule has 5 nitrogen and oxygen atoms in total. The Bertz CT molecular complexity index is 688. The highest BCUT2D eigenvalue weighted by atomic mass is 15.3. The van der Waals surface area contributed by atoms with Gasteiger partial charge in [-0.25, -0.2) is 4.98 Å². The predicted molar refractivity (Wildman–Crippen MR) is 102 cm³/mol. The molecule has 0 unspecified atom stereocenters. The first kappa shape index (κ1) is 16.3. The summed E-state index contributed by atoms with van der Waals surface area (Å²) in [6.45, 7) is 9.47. The van der Waals surface area contributed by atoms with Gasteiger partial charge < -0.3 is 9.80 Å². The Morgan fingerprint density at radius 1 is 0.840 bits per heavy atom. The molecule has 0 bridgehead atoms. The van der Waals surface area contributed by atoms with Crippen molar-refractivity contribution in [1.29, 1.82) is 0 Å². The van der Waals surface area contributed by atoms with Crippen molar-refractivity contribution in [2.45, 2.75) is 26.3 Å². The third kappa shape index (κ3) is 3.93. The van der Waals surface area contributed by atoms with Crippen molar-refractivity contribution < 1.29 is 0 Å². The van der Waals surface area contributed by atoms with Gasteiger partial charge in [0, 0.05) is 57.6 Å². The van der Waals surface area contributed by atoms with Gasteiger partial charge in [0.05, 0.1) is 0 Å². The minimum Gasteiger partial charge on any atom is -0.356 e. The van der Waals surface area contributed by atoms with E-state index in [2.05, 4.69) is 58.0 Å². The van der Waals surface area contributed by atoms with Crippen molar-refractivity contribution in [3.05, 3.63) is 47.7 Å². The van der Waals surface area contributed by atoms with E-state index in [0.29, 0.717) is 0 Å². The SMILES string of the molecule is Cc1cc(N2CCCC2)nc(N2CCN(Cc3ccccc3)CC2)n1. The van der Waals surface area contributed by atoms with Crippen LogP contribution in [0, 0.1) is 6.92 Å². The van der Waals surface area contributed by atoms with Gasteiger partial charge in [0.25, 0.3) is 0 Å². The van der Waals surface area contributed by atoms with Crippen LogP contribution in [0.1, 0.15) is 24.1 Å². The summed E-state index contributed by atoms with van der Waals surface area (Å²) in [7, 11) is 0. The molecule has 0 radical (unpaired) electrons. The Balaban J connectivity index is 1.40. The van der Waals surface area contributed by atoms with E-state index in [0.717, 1.165) is 63.3 Å². The first-order chi connectivity index (χ1) is 12.3. The molecule has 0 amide bonds. The number of anilines is 2. The van der Waals surface area contributed by atoms with Crippen molar-refractivity contribution in [2.75, 3.05) is 49.1 Å². The second-order valence-electron chi connectivity index (χ2n) is 7.11. The molecular weight excluding hydrogens is 310 g/mol. The highest BCUT2D eigenvalue weighted by Crippen LogP contribution is 2.22. The molecule has 2 aliphatic heterocycles. The van der Waals surface area contributed by atoms with Gasteiger partial charge in [-0.15, -0.1) is 0 Å². The summed E-state index contributed by atoms with van der Waals surface area (Å²) < 4.78 is 0. The zero-order chi connectivity index (χ0) is 17.1. The second kappa shape index (κ2) is 7.40. The van der Waals surface area contributed by atoms with Gasteiger partial charge >= 0.3 is 0 Å². The lowest BCUT2D eigenvalue weighted by molar-refractivity contribution is 0.248. The lowest BCUT2D eigenvalue weighted by atomic mass is 10.2. The van der Waals surface area contributed by atoms with E-state index < -0.39 is 0 Å². The van der Waals surface area contributed by atoms with Crippen LogP contribution in [-0.4, -0.2) is 54.1 Å². The number of aryl methyl sites for hydroxylation is 1. The minimum atomic E-state index is 0.904. The van der Waals surface area contributed by atoms with Gasteiger partial charge in [0.2, 0.25) is 5.95 Å². The quantitative estimate of drug-likeness (QED) is 0.857. The molecule has 0 atom stereocenters. The molecule has 132 valence electrons. The molecule has 0 saturated carbocycles. The fourth-order valence-electron chi connectivity index (χ4n) is 3.73. The Hall–Kier alpha value is -2.14.